The van der Waals surface area contributed by atoms with Crippen LogP contribution in [0.15, 0.2) is 54.6 Å². The van der Waals surface area contributed by atoms with E-state index in [4.69, 9.17) is 10.5 Å². The standard InChI is InChI=1S/C18H23NOS/c19-17(14-21)8-4-5-13-20-18-11-9-16(10-12-18)15-6-2-1-3-7-15/h1-3,6-7,9-12,17,21H,4-5,8,13-14,19H2/t17-/m0/s1. The first-order chi connectivity index (χ1) is 10.3. The van der Waals surface area contributed by atoms with Crippen LogP contribution < -0.4 is 10.5 Å². The molecule has 112 valence electrons. The lowest BCUT2D eigenvalue weighted by Gasteiger charge is -2.09. The normalized spacial score (nSPS) is 12.1. The summed E-state index contributed by atoms with van der Waals surface area (Å²) in [6.45, 7) is 0.740. The van der Waals surface area contributed by atoms with E-state index in [1.54, 1.807) is 0 Å². The number of benzene rings is 2. The third-order valence-electron chi connectivity index (χ3n) is 3.43. The molecule has 0 saturated heterocycles. The number of thiol groups is 1. The van der Waals surface area contributed by atoms with Crippen LogP contribution in [0, 0.1) is 0 Å². The molecule has 21 heavy (non-hydrogen) atoms. The number of nitrogens with two attached hydrogens (primary N) is 1. The first-order valence-corrected chi connectivity index (χ1v) is 8.07. The van der Waals surface area contributed by atoms with Gasteiger partial charge in [0.2, 0.25) is 0 Å². The molecule has 2 nitrogen and oxygen atoms in total. The van der Waals surface area contributed by atoms with E-state index in [0.717, 1.165) is 37.4 Å². The lowest BCUT2D eigenvalue weighted by Crippen LogP contribution is -2.21. The Bertz CT molecular complexity index is 513. The van der Waals surface area contributed by atoms with E-state index in [9.17, 15) is 0 Å². The maximum absolute atomic E-state index is 5.82. The largest absolute Gasteiger partial charge is 0.494 e. The Morgan fingerprint density at radius 3 is 2.24 bits per heavy atom. The molecule has 0 unspecified atom stereocenters. The molecule has 0 amide bonds. The van der Waals surface area contributed by atoms with Gasteiger partial charge >= 0.3 is 0 Å². The fraction of sp³-hybridized carbons (Fsp3) is 0.333. The van der Waals surface area contributed by atoms with Crippen molar-refractivity contribution in [3.63, 3.8) is 0 Å². The summed E-state index contributed by atoms with van der Waals surface area (Å²) >= 11 is 4.18. The average molecular weight is 301 g/mol. The summed E-state index contributed by atoms with van der Waals surface area (Å²) in [4.78, 5) is 0. The first-order valence-electron chi connectivity index (χ1n) is 7.44. The molecule has 2 rings (SSSR count). The Kier molecular flexibility index (Phi) is 6.64. The van der Waals surface area contributed by atoms with Crippen molar-refractivity contribution >= 4 is 12.6 Å². The maximum Gasteiger partial charge on any atom is 0.119 e. The van der Waals surface area contributed by atoms with Crippen molar-refractivity contribution in [3.8, 4) is 16.9 Å². The Morgan fingerprint density at radius 1 is 0.905 bits per heavy atom. The average Bonchev–Trinajstić information content (AvgIpc) is 2.55. The molecule has 2 aromatic carbocycles. The van der Waals surface area contributed by atoms with Gasteiger partial charge in [-0.05, 0) is 42.5 Å². The molecule has 0 spiro atoms. The van der Waals surface area contributed by atoms with Crippen LogP contribution in [0.25, 0.3) is 11.1 Å². The second kappa shape index (κ2) is 8.75. The second-order valence-electron chi connectivity index (χ2n) is 5.18. The Labute approximate surface area is 132 Å². The van der Waals surface area contributed by atoms with E-state index in [2.05, 4.69) is 49.0 Å². The van der Waals surface area contributed by atoms with Gasteiger partial charge in [-0.3, -0.25) is 0 Å². The number of ether oxygens (including phenoxy) is 1. The monoisotopic (exact) mass is 301 g/mol. The zero-order valence-corrected chi connectivity index (χ0v) is 13.1. The Balaban J connectivity index is 1.75. The van der Waals surface area contributed by atoms with E-state index in [0.29, 0.717) is 0 Å². The van der Waals surface area contributed by atoms with Crippen LogP contribution in [0.4, 0.5) is 0 Å². The lowest BCUT2D eigenvalue weighted by molar-refractivity contribution is 0.304. The van der Waals surface area contributed by atoms with Gasteiger partial charge in [-0.25, -0.2) is 0 Å². The summed E-state index contributed by atoms with van der Waals surface area (Å²) in [7, 11) is 0. The molecule has 0 fully saturated rings. The van der Waals surface area contributed by atoms with E-state index in [1.807, 2.05) is 18.2 Å². The first kappa shape index (κ1) is 15.9. The van der Waals surface area contributed by atoms with Crippen LogP contribution in [0.1, 0.15) is 19.3 Å². The third-order valence-corrected chi connectivity index (χ3v) is 3.90. The second-order valence-corrected chi connectivity index (χ2v) is 5.54. The molecular weight excluding hydrogens is 278 g/mol. The predicted octanol–water partition coefficient (Wildman–Crippen LogP) is 4.16. The van der Waals surface area contributed by atoms with Gasteiger partial charge in [0, 0.05) is 11.8 Å². The van der Waals surface area contributed by atoms with Crippen molar-refractivity contribution in [2.45, 2.75) is 25.3 Å². The van der Waals surface area contributed by atoms with Crippen molar-refractivity contribution < 1.29 is 4.74 Å². The minimum absolute atomic E-state index is 0.207. The van der Waals surface area contributed by atoms with Gasteiger partial charge in [0.1, 0.15) is 5.75 Å². The number of hydrogen-bond acceptors (Lipinski definition) is 3. The molecule has 0 radical (unpaired) electrons. The maximum atomic E-state index is 5.82. The quantitative estimate of drug-likeness (QED) is 0.567. The van der Waals surface area contributed by atoms with E-state index in [1.165, 1.54) is 11.1 Å². The lowest BCUT2D eigenvalue weighted by atomic mass is 10.1. The molecule has 0 aromatic heterocycles. The molecule has 2 N–H and O–H groups in total. The molecule has 0 heterocycles. The van der Waals surface area contributed by atoms with Crippen LogP contribution in [0.2, 0.25) is 0 Å². The van der Waals surface area contributed by atoms with E-state index >= 15 is 0 Å². The van der Waals surface area contributed by atoms with Crippen molar-refractivity contribution in [1.82, 2.24) is 0 Å². The molecule has 0 bridgehead atoms. The van der Waals surface area contributed by atoms with Crippen molar-refractivity contribution in [1.29, 1.82) is 0 Å². The molecule has 0 aliphatic heterocycles. The topological polar surface area (TPSA) is 35.2 Å². The fourth-order valence-corrected chi connectivity index (χ4v) is 2.35. The van der Waals surface area contributed by atoms with E-state index in [-0.39, 0.29) is 6.04 Å². The van der Waals surface area contributed by atoms with Crippen molar-refractivity contribution in [2.75, 3.05) is 12.4 Å². The summed E-state index contributed by atoms with van der Waals surface area (Å²) in [5.74, 6) is 1.68. The van der Waals surface area contributed by atoms with Crippen LogP contribution in [0.5, 0.6) is 5.75 Å². The SMILES string of the molecule is N[C@H](CS)CCCCOc1ccc(-c2ccccc2)cc1. The molecule has 3 heteroatoms. The molecule has 0 aliphatic rings. The Hall–Kier alpha value is -1.45. The highest BCUT2D eigenvalue weighted by Gasteiger charge is 2.00. The highest BCUT2D eigenvalue weighted by atomic mass is 32.1. The molecule has 0 aliphatic carbocycles. The molecule has 2 aromatic rings. The highest BCUT2D eigenvalue weighted by Crippen LogP contribution is 2.22. The van der Waals surface area contributed by atoms with Crippen LogP contribution in [0.3, 0.4) is 0 Å². The summed E-state index contributed by atoms with van der Waals surface area (Å²) in [6, 6.07) is 18.8. The van der Waals surface area contributed by atoms with Crippen LogP contribution >= 0.6 is 12.6 Å². The molecule has 0 saturated carbocycles. The van der Waals surface area contributed by atoms with Gasteiger partial charge in [0.05, 0.1) is 6.61 Å². The van der Waals surface area contributed by atoms with Gasteiger partial charge in [0.15, 0.2) is 0 Å². The van der Waals surface area contributed by atoms with Gasteiger partial charge < -0.3 is 10.5 Å². The van der Waals surface area contributed by atoms with Gasteiger partial charge in [-0.1, -0.05) is 42.5 Å². The molecule has 1 atom stereocenters. The fourth-order valence-electron chi connectivity index (χ4n) is 2.16. The molecular formula is C18H23NOS. The summed E-state index contributed by atoms with van der Waals surface area (Å²) in [5.41, 5.74) is 8.26. The van der Waals surface area contributed by atoms with Gasteiger partial charge in [-0.2, -0.15) is 12.6 Å². The van der Waals surface area contributed by atoms with Crippen molar-refractivity contribution in [2.24, 2.45) is 5.73 Å². The number of hydrogen-bond donors (Lipinski definition) is 2. The van der Waals surface area contributed by atoms with Crippen LogP contribution in [-0.2, 0) is 0 Å². The Morgan fingerprint density at radius 2 is 1.57 bits per heavy atom. The minimum Gasteiger partial charge on any atom is -0.494 e. The zero-order valence-electron chi connectivity index (χ0n) is 12.2. The van der Waals surface area contributed by atoms with E-state index < -0.39 is 0 Å². The smallest absolute Gasteiger partial charge is 0.119 e. The summed E-state index contributed by atoms with van der Waals surface area (Å²) in [5, 5.41) is 0. The van der Waals surface area contributed by atoms with Gasteiger partial charge in [0.25, 0.3) is 0 Å². The van der Waals surface area contributed by atoms with Crippen molar-refractivity contribution in [3.05, 3.63) is 54.6 Å². The summed E-state index contributed by atoms with van der Waals surface area (Å²) in [6.07, 6.45) is 3.13. The minimum atomic E-state index is 0.207. The third kappa shape index (κ3) is 5.44. The van der Waals surface area contributed by atoms with Gasteiger partial charge in [-0.15, -0.1) is 0 Å². The zero-order chi connectivity index (χ0) is 14.9. The van der Waals surface area contributed by atoms with Crippen LogP contribution in [-0.4, -0.2) is 18.4 Å². The highest BCUT2D eigenvalue weighted by molar-refractivity contribution is 7.80. The number of rotatable bonds is 8. The predicted molar refractivity (Wildman–Crippen MR) is 93.1 cm³/mol. The number of unbranched alkanes of at least 4 members (excludes halogenated alkanes) is 1. The summed E-state index contributed by atoms with van der Waals surface area (Å²) < 4.78 is 5.75.